The molecule has 5 amide bonds. The summed E-state index contributed by atoms with van der Waals surface area (Å²) in [7, 11) is 0. The van der Waals surface area contributed by atoms with Gasteiger partial charge in [-0.2, -0.15) is 0 Å². The number of aliphatic imine (C=N–C) groups is 1. The van der Waals surface area contributed by atoms with Gasteiger partial charge in [0.1, 0.15) is 30.2 Å². The average molecular weight is 713 g/mol. The minimum absolute atomic E-state index is 0.0594. The van der Waals surface area contributed by atoms with Crippen LogP contribution in [0.3, 0.4) is 0 Å². The second kappa shape index (κ2) is 21.9. The molecule has 0 aromatic carbocycles. The molecule has 1 fully saturated rings. The summed E-state index contributed by atoms with van der Waals surface area (Å²) in [5.74, 6) is -5.06. The SMILES string of the molecule is CC(C)CC(N)C(=O)NC(CCCCN)C(=O)NC(C(=O)N1CCCC1C(=O)NC(CCCN=C(N)N)C(=O)NC(C(=O)O)C(C)C)C(C)O. The Labute approximate surface area is 294 Å². The van der Waals surface area contributed by atoms with Crippen LogP contribution in [0.2, 0.25) is 0 Å². The molecule has 50 heavy (non-hydrogen) atoms. The quantitative estimate of drug-likeness (QED) is 0.0319. The number of hydrogen-bond donors (Lipinski definition) is 10. The summed E-state index contributed by atoms with van der Waals surface area (Å²) in [5, 5.41) is 30.5. The van der Waals surface area contributed by atoms with Crippen molar-refractivity contribution >= 4 is 41.5 Å². The molecule has 286 valence electrons. The van der Waals surface area contributed by atoms with Crippen molar-refractivity contribution in [3.8, 4) is 0 Å². The molecule has 18 heteroatoms. The van der Waals surface area contributed by atoms with E-state index >= 15 is 0 Å². The largest absolute Gasteiger partial charge is 0.480 e. The predicted molar refractivity (Wildman–Crippen MR) is 187 cm³/mol. The summed E-state index contributed by atoms with van der Waals surface area (Å²) in [6.45, 7) is 9.05. The third kappa shape index (κ3) is 14.8. The van der Waals surface area contributed by atoms with Gasteiger partial charge >= 0.3 is 5.97 Å². The summed E-state index contributed by atoms with van der Waals surface area (Å²) >= 11 is 0. The summed E-state index contributed by atoms with van der Waals surface area (Å²) in [6.07, 6.45) is 1.30. The molecule has 0 aromatic heterocycles. The number of nitrogens with one attached hydrogen (secondary N) is 4. The van der Waals surface area contributed by atoms with Crippen molar-refractivity contribution in [2.24, 2.45) is 39.8 Å². The number of amides is 5. The molecular formula is C32H60N10O8. The predicted octanol–water partition coefficient (Wildman–Crippen LogP) is -2.41. The van der Waals surface area contributed by atoms with Crippen LogP contribution >= 0.6 is 0 Å². The number of aliphatic hydroxyl groups is 1. The number of aliphatic carboxylic acids is 1. The van der Waals surface area contributed by atoms with E-state index in [9.17, 15) is 39.0 Å². The number of carboxylic acid groups (broad SMARTS) is 1. The molecule has 0 radical (unpaired) electrons. The molecule has 0 aromatic rings. The van der Waals surface area contributed by atoms with Gasteiger partial charge in [0.25, 0.3) is 0 Å². The second-order valence-electron chi connectivity index (χ2n) is 13.6. The van der Waals surface area contributed by atoms with E-state index in [1.165, 1.54) is 11.8 Å². The molecule has 14 N–H and O–H groups in total. The highest BCUT2D eigenvalue weighted by atomic mass is 16.4. The number of likely N-dealkylation sites (tertiary alicyclic amines) is 1. The highest BCUT2D eigenvalue weighted by molar-refractivity contribution is 5.96. The Morgan fingerprint density at radius 3 is 1.94 bits per heavy atom. The van der Waals surface area contributed by atoms with E-state index < -0.39 is 83.8 Å². The maximum atomic E-state index is 13.8. The third-order valence-electron chi connectivity index (χ3n) is 8.34. The van der Waals surface area contributed by atoms with Crippen molar-refractivity contribution in [2.75, 3.05) is 19.6 Å². The van der Waals surface area contributed by atoms with Crippen LogP contribution < -0.4 is 44.2 Å². The number of nitrogens with two attached hydrogens (primary N) is 4. The molecule has 7 unspecified atom stereocenters. The number of carboxylic acids is 1. The molecule has 1 aliphatic rings. The number of hydrogen-bond acceptors (Lipinski definition) is 10. The Hall–Kier alpha value is -4.03. The summed E-state index contributed by atoms with van der Waals surface area (Å²) < 4.78 is 0. The Balaban J connectivity index is 3.19. The zero-order valence-electron chi connectivity index (χ0n) is 30.0. The number of guanidine groups is 1. The van der Waals surface area contributed by atoms with Crippen molar-refractivity contribution in [3.05, 3.63) is 0 Å². The molecule has 7 atom stereocenters. The zero-order valence-corrected chi connectivity index (χ0v) is 30.0. The van der Waals surface area contributed by atoms with E-state index in [0.717, 1.165) is 0 Å². The van der Waals surface area contributed by atoms with Crippen LogP contribution in [-0.4, -0.2) is 119 Å². The van der Waals surface area contributed by atoms with Gasteiger partial charge in [-0.3, -0.25) is 29.0 Å². The molecule has 0 bridgehead atoms. The molecule has 1 saturated heterocycles. The number of aliphatic hydroxyl groups excluding tert-OH is 1. The maximum Gasteiger partial charge on any atom is 0.326 e. The lowest BCUT2D eigenvalue weighted by Gasteiger charge is -2.32. The Kier molecular flexibility index (Phi) is 19.3. The molecule has 0 saturated carbocycles. The molecule has 0 spiro atoms. The van der Waals surface area contributed by atoms with Gasteiger partial charge in [0.2, 0.25) is 29.5 Å². The Bertz CT molecular complexity index is 1180. The van der Waals surface area contributed by atoms with Crippen molar-refractivity contribution < 1.29 is 39.0 Å². The van der Waals surface area contributed by atoms with Crippen LogP contribution in [-0.2, 0) is 28.8 Å². The van der Waals surface area contributed by atoms with Crippen LogP contribution in [0.15, 0.2) is 4.99 Å². The summed E-state index contributed by atoms with van der Waals surface area (Å²) in [5.41, 5.74) is 22.4. The fourth-order valence-electron chi connectivity index (χ4n) is 5.59. The van der Waals surface area contributed by atoms with Crippen LogP contribution in [0.1, 0.15) is 86.0 Å². The van der Waals surface area contributed by atoms with Crippen molar-refractivity contribution in [3.63, 3.8) is 0 Å². The number of unbranched alkanes of at least 4 members (excludes halogenated alkanes) is 1. The summed E-state index contributed by atoms with van der Waals surface area (Å²) in [4.78, 5) is 83.8. The monoisotopic (exact) mass is 712 g/mol. The van der Waals surface area contributed by atoms with E-state index in [2.05, 4.69) is 26.3 Å². The topological polar surface area (TPSA) is 311 Å². The zero-order chi connectivity index (χ0) is 38.1. The second-order valence-corrected chi connectivity index (χ2v) is 13.6. The van der Waals surface area contributed by atoms with Crippen molar-refractivity contribution in [1.82, 2.24) is 26.2 Å². The van der Waals surface area contributed by atoms with Crippen LogP contribution in [0.4, 0.5) is 0 Å². The van der Waals surface area contributed by atoms with Gasteiger partial charge < -0.3 is 59.3 Å². The van der Waals surface area contributed by atoms with Gasteiger partial charge in [-0.05, 0) is 76.7 Å². The van der Waals surface area contributed by atoms with Crippen molar-refractivity contribution in [2.45, 2.75) is 128 Å². The Morgan fingerprint density at radius 2 is 1.42 bits per heavy atom. The van der Waals surface area contributed by atoms with Gasteiger partial charge in [0, 0.05) is 13.1 Å². The lowest BCUT2D eigenvalue weighted by atomic mass is 10.0. The smallest absolute Gasteiger partial charge is 0.326 e. The lowest BCUT2D eigenvalue weighted by Crippen LogP contribution is -2.61. The summed E-state index contributed by atoms with van der Waals surface area (Å²) in [6, 6.07) is -6.82. The van der Waals surface area contributed by atoms with Gasteiger partial charge in [-0.25, -0.2) is 4.79 Å². The minimum atomic E-state index is -1.46. The number of rotatable bonds is 22. The minimum Gasteiger partial charge on any atom is -0.480 e. The molecule has 1 rings (SSSR count). The maximum absolute atomic E-state index is 13.8. The number of carbonyl (C=O) groups excluding carboxylic acids is 5. The average Bonchev–Trinajstić information content (AvgIpc) is 3.52. The highest BCUT2D eigenvalue weighted by Crippen LogP contribution is 2.20. The van der Waals surface area contributed by atoms with E-state index in [4.69, 9.17) is 22.9 Å². The standard InChI is InChI=1S/C32H60N10O8/c1-17(2)16-20(34)26(44)38-21(10-6-7-13-33)28(46)41-25(19(5)43)30(48)42-15-9-12-23(42)29(47)39-22(11-8-14-37-32(35)36)27(45)40-24(18(3)4)31(49)50/h17-25,43H,6-16,33-34H2,1-5H3,(H,38,44)(H,39,47)(H,40,45)(H,41,46)(H,49,50)(H4,35,36,37). The first-order chi connectivity index (χ1) is 23.4. The van der Waals surface area contributed by atoms with E-state index in [1.807, 2.05) is 13.8 Å². The first kappa shape index (κ1) is 44.0. The fourth-order valence-corrected chi connectivity index (χ4v) is 5.59. The van der Waals surface area contributed by atoms with E-state index in [1.54, 1.807) is 13.8 Å². The molecule has 1 heterocycles. The molecule has 18 nitrogen and oxygen atoms in total. The molecule has 1 aliphatic heterocycles. The molecule has 0 aliphatic carbocycles. The van der Waals surface area contributed by atoms with Crippen LogP contribution in [0, 0.1) is 11.8 Å². The Morgan fingerprint density at radius 1 is 0.840 bits per heavy atom. The van der Waals surface area contributed by atoms with Crippen LogP contribution in [0.25, 0.3) is 0 Å². The van der Waals surface area contributed by atoms with Gasteiger partial charge in [0.05, 0.1) is 12.1 Å². The normalized spacial score (nSPS) is 18.0. The van der Waals surface area contributed by atoms with E-state index in [0.29, 0.717) is 32.2 Å². The lowest BCUT2D eigenvalue weighted by molar-refractivity contribution is -0.145. The first-order valence-electron chi connectivity index (χ1n) is 17.3. The van der Waals surface area contributed by atoms with Gasteiger partial charge in [-0.15, -0.1) is 0 Å². The van der Waals surface area contributed by atoms with Gasteiger partial charge in [-0.1, -0.05) is 27.7 Å². The number of carbonyl (C=O) groups is 6. The van der Waals surface area contributed by atoms with Crippen molar-refractivity contribution in [1.29, 1.82) is 0 Å². The molecular weight excluding hydrogens is 652 g/mol. The third-order valence-corrected chi connectivity index (χ3v) is 8.34. The van der Waals surface area contributed by atoms with E-state index in [-0.39, 0.29) is 50.7 Å². The van der Waals surface area contributed by atoms with Gasteiger partial charge in [0.15, 0.2) is 5.96 Å². The first-order valence-corrected chi connectivity index (χ1v) is 17.3. The number of nitrogens with zero attached hydrogens (tertiary/aromatic N) is 2. The fraction of sp³-hybridized carbons (Fsp3) is 0.781. The highest BCUT2D eigenvalue weighted by Gasteiger charge is 2.41. The van der Waals surface area contributed by atoms with Crippen LogP contribution in [0.5, 0.6) is 0 Å².